The molecule has 0 N–H and O–H groups in total. The van der Waals surface area contributed by atoms with Crippen LogP contribution in [0.5, 0.6) is 5.75 Å². The molecule has 0 saturated carbocycles. The Labute approximate surface area is 155 Å². The van der Waals surface area contributed by atoms with Gasteiger partial charge in [0.25, 0.3) is 0 Å². The summed E-state index contributed by atoms with van der Waals surface area (Å²) in [5.41, 5.74) is -0.523. The van der Waals surface area contributed by atoms with Crippen molar-refractivity contribution in [2.24, 2.45) is 0 Å². The van der Waals surface area contributed by atoms with Gasteiger partial charge in [0.05, 0.1) is 12.8 Å². The third-order valence-electron chi connectivity index (χ3n) is 4.11. The standard InChI is InChI=1S/C19H20F2N2O4/c1-18(2,3)27-17(25)22-11-5-6-14(22)15-19(20,21)16(24)23(15)12-7-9-13(26-4)10-8-12/h5-11,15H,1-4H3. The first-order valence-corrected chi connectivity index (χ1v) is 8.32. The second-order valence-electron chi connectivity index (χ2n) is 7.18. The fourth-order valence-corrected chi connectivity index (χ4v) is 2.91. The molecule has 6 nitrogen and oxygen atoms in total. The molecule has 0 aliphatic carbocycles. The number of benzene rings is 1. The summed E-state index contributed by atoms with van der Waals surface area (Å²) in [6, 6.07) is 7.40. The lowest BCUT2D eigenvalue weighted by molar-refractivity contribution is -0.163. The van der Waals surface area contributed by atoms with Crippen LogP contribution in [0.2, 0.25) is 0 Å². The maximum absolute atomic E-state index is 14.4. The average Bonchev–Trinajstić information content (AvgIpc) is 3.06. The van der Waals surface area contributed by atoms with Crippen LogP contribution in [-0.2, 0) is 9.53 Å². The molecule has 1 aliphatic rings. The van der Waals surface area contributed by atoms with Crippen molar-refractivity contribution in [2.75, 3.05) is 12.0 Å². The molecule has 1 aromatic carbocycles. The van der Waals surface area contributed by atoms with Gasteiger partial charge in [-0.1, -0.05) is 0 Å². The summed E-state index contributed by atoms with van der Waals surface area (Å²) in [6.07, 6.45) is 0.557. The highest BCUT2D eigenvalue weighted by Crippen LogP contribution is 2.49. The number of nitrogens with zero attached hydrogens (tertiary/aromatic N) is 2. The van der Waals surface area contributed by atoms with Crippen LogP contribution in [0.25, 0.3) is 0 Å². The van der Waals surface area contributed by atoms with Gasteiger partial charge in [-0.05, 0) is 57.2 Å². The van der Waals surface area contributed by atoms with Gasteiger partial charge in [-0.25, -0.2) is 4.79 Å². The first-order chi connectivity index (χ1) is 12.6. The molecule has 1 aliphatic heterocycles. The Balaban J connectivity index is 1.97. The molecule has 1 amide bonds. The van der Waals surface area contributed by atoms with Gasteiger partial charge < -0.3 is 9.47 Å². The van der Waals surface area contributed by atoms with E-state index in [0.717, 1.165) is 9.47 Å². The van der Waals surface area contributed by atoms with Gasteiger partial charge in [0.1, 0.15) is 11.4 Å². The first kappa shape index (κ1) is 18.9. The highest BCUT2D eigenvalue weighted by atomic mass is 19.3. The largest absolute Gasteiger partial charge is 0.497 e. The van der Waals surface area contributed by atoms with E-state index in [1.807, 2.05) is 0 Å². The molecule has 1 aromatic heterocycles. The van der Waals surface area contributed by atoms with Crippen molar-refractivity contribution in [2.45, 2.75) is 38.3 Å². The number of anilines is 1. The number of alkyl halides is 2. The summed E-state index contributed by atoms with van der Waals surface area (Å²) < 4.78 is 40.2. The van der Waals surface area contributed by atoms with Crippen LogP contribution in [0, 0.1) is 0 Å². The predicted octanol–water partition coefficient (Wildman–Crippen LogP) is 4.00. The molecule has 2 aromatic rings. The number of β-lactam (4-membered cyclic amide) rings is 1. The van der Waals surface area contributed by atoms with E-state index in [4.69, 9.17) is 9.47 Å². The highest BCUT2D eigenvalue weighted by molar-refractivity contribution is 6.07. The van der Waals surface area contributed by atoms with Crippen LogP contribution in [0.3, 0.4) is 0 Å². The highest BCUT2D eigenvalue weighted by Gasteiger charge is 2.65. The van der Waals surface area contributed by atoms with Crippen molar-refractivity contribution in [1.82, 2.24) is 4.57 Å². The SMILES string of the molecule is COc1ccc(N2C(=O)C(F)(F)C2c2cccn2C(=O)OC(C)(C)C)cc1. The van der Waals surface area contributed by atoms with Crippen molar-refractivity contribution in [3.05, 3.63) is 48.3 Å². The summed E-state index contributed by atoms with van der Waals surface area (Å²) in [5.74, 6) is -4.42. The number of hydrogen-bond donors (Lipinski definition) is 0. The van der Waals surface area contributed by atoms with Crippen LogP contribution in [0.1, 0.15) is 32.5 Å². The number of carbonyl (C=O) groups is 2. The number of rotatable bonds is 3. The van der Waals surface area contributed by atoms with E-state index in [2.05, 4.69) is 0 Å². The van der Waals surface area contributed by atoms with E-state index in [9.17, 15) is 18.4 Å². The van der Waals surface area contributed by atoms with Crippen molar-refractivity contribution < 1.29 is 27.8 Å². The van der Waals surface area contributed by atoms with Gasteiger partial charge in [-0.3, -0.25) is 14.3 Å². The van der Waals surface area contributed by atoms with Crippen molar-refractivity contribution >= 4 is 17.7 Å². The second kappa shape index (κ2) is 6.37. The van der Waals surface area contributed by atoms with Gasteiger partial charge in [-0.2, -0.15) is 8.78 Å². The average molecular weight is 378 g/mol. The molecule has 3 rings (SSSR count). The number of amides is 1. The molecule has 0 radical (unpaired) electrons. The third kappa shape index (κ3) is 3.27. The lowest BCUT2D eigenvalue weighted by Gasteiger charge is -2.46. The summed E-state index contributed by atoms with van der Waals surface area (Å²) in [6.45, 7) is 5.04. The Kier molecular flexibility index (Phi) is 4.45. The molecule has 2 heterocycles. The molecular formula is C19H20F2N2O4. The fraction of sp³-hybridized carbons (Fsp3) is 0.368. The fourth-order valence-electron chi connectivity index (χ4n) is 2.91. The molecule has 1 unspecified atom stereocenters. The molecule has 8 heteroatoms. The molecule has 144 valence electrons. The van der Waals surface area contributed by atoms with Gasteiger partial charge >= 0.3 is 17.9 Å². The smallest absolute Gasteiger partial charge is 0.418 e. The van der Waals surface area contributed by atoms with Gasteiger partial charge in [-0.15, -0.1) is 0 Å². The zero-order valence-corrected chi connectivity index (χ0v) is 15.4. The first-order valence-electron chi connectivity index (χ1n) is 8.32. The van der Waals surface area contributed by atoms with E-state index in [1.54, 1.807) is 32.9 Å². The molecular weight excluding hydrogens is 358 g/mol. The van der Waals surface area contributed by atoms with E-state index < -0.39 is 29.6 Å². The third-order valence-corrected chi connectivity index (χ3v) is 4.11. The molecule has 0 bridgehead atoms. The zero-order chi connectivity index (χ0) is 20.0. The summed E-state index contributed by atoms with van der Waals surface area (Å²) in [7, 11) is 1.48. The minimum atomic E-state index is -3.63. The topological polar surface area (TPSA) is 60.8 Å². The van der Waals surface area contributed by atoms with Gasteiger partial charge in [0, 0.05) is 11.9 Å². The summed E-state index contributed by atoms with van der Waals surface area (Å²) in [4.78, 5) is 25.4. The van der Waals surface area contributed by atoms with Crippen LogP contribution in [-0.4, -0.2) is 35.2 Å². The molecule has 1 saturated heterocycles. The van der Waals surface area contributed by atoms with Crippen molar-refractivity contribution in [3.63, 3.8) is 0 Å². The Morgan fingerprint density at radius 1 is 1.15 bits per heavy atom. The van der Waals surface area contributed by atoms with Gasteiger partial charge in [0.2, 0.25) is 0 Å². The minimum absolute atomic E-state index is 0.0235. The number of carbonyl (C=O) groups excluding carboxylic acids is 2. The zero-order valence-electron chi connectivity index (χ0n) is 15.4. The number of ether oxygens (including phenoxy) is 2. The van der Waals surface area contributed by atoms with Crippen molar-refractivity contribution in [1.29, 1.82) is 0 Å². The Morgan fingerprint density at radius 3 is 2.33 bits per heavy atom. The van der Waals surface area contributed by atoms with Crippen molar-refractivity contribution in [3.8, 4) is 5.75 Å². The second-order valence-corrected chi connectivity index (χ2v) is 7.18. The van der Waals surface area contributed by atoms with Crippen LogP contribution in [0.4, 0.5) is 19.3 Å². The Hall–Kier alpha value is -2.90. The minimum Gasteiger partial charge on any atom is -0.497 e. The lowest BCUT2D eigenvalue weighted by Crippen LogP contribution is -2.64. The number of halogens is 2. The molecule has 1 atom stereocenters. The Morgan fingerprint density at radius 2 is 1.78 bits per heavy atom. The molecule has 1 fully saturated rings. The summed E-state index contributed by atoms with van der Waals surface area (Å²) in [5, 5.41) is 0. The predicted molar refractivity (Wildman–Crippen MR) is 94.2 cm³/mol. The monoisotopic (exact) mass is 378 g/mol. The maximum atomic E-state index is 14.4. The number of aromatic nitrogens is 1. The lowest BCUT2D eigenvalue weighted by atomic mass is 9.92. The van der Waals surface area contributed by atoms with Gasteiger partial charge in [0.15, 0.2) is 6.04 Å². The quantitative estimate of drug-likeness (QED) is 0.758. The molecule has 0 spiro atoms. The molecule has 27 heavy (non-hydrogen) atoms. The summed E-state index contributed by atoms with van der Waals surface area (Å²) >= 11 is 0. The van der Waals surface area contributed by atoms with E-state index in [-0.39, 0.29) is 11.4 Å². The van der Waals surface area contributed by atoms with E-state index in [0.29, 0.717) is 5.75 Å². The van der Waals surface area contributed by atoms with E-state index in [1.165, 1.54) is 37.6 Å². The maximum Gasteiger partial charge on any atom is 0.418 e. The van der Waals surface area contributed by atoms with Crippen LogP contribution >= 0.6 is 0 Å². The normalized spacial score (nSPS) is 18.8. The number of hydrogen-bond acceptors (Lipinski definition) is 4. The van der Waals surface area contributed by atoms with Crippen LogP contribution in [0.15, 0.2) is 42.6 Å². The van der Waals surface area contributed by atoms with E-state index >= 15 is 0 Å². The van der Waals surface area contributed by atoms with Crippen LogP contribution < -0.4 is 9.64 Å². The Bertz CT molecular complexity index is 869. The number of methoxy groups -OCH3 is 1.